The lowest BCUT2D eigenvalue weighted by atomic mass is 10.1. The molecule has 0 saturated heterocycles. The van der Waals surface area contributed by atoms with Gasteiger partial charge in [-0.05, 0) is 24.1 Å². The number of nitrogens with zero attached hydrogens (tertiary/aromatic N) is 2. The molecule has 0 spiro atoms. The molecule has 0 radical (unpaired) electrons. The van der Waals surface area contributed by atoms with Gasteiger partial charge >= 0.3 is 0 Å². The van der Waals surface area contributed by atoms with Crippen molar-refractivity contribution >= 4 is 17.3 Å². The van der Waals surface area contributed by atoms with Crippen LogP contribution in [-0.4, -0.2) is 26.0 Å². The maximum Gasteiger partial charge on any atom is 0.261 e. The van der Waals surface area contributed by atoms with Crippen molar-refractivity contribution in [3.8, 4) is 0 Å². The molecule has 1 aliphatic heterocycles. The summed E-state index contributed by atoms with van der Waals surface area (Å²) in [4.78, 5) is 16.9. The van der Waals surface area contributed by atoms with E-state index in [4.69, 9.17) is 10.2 Å². The third-order valence-electron chi connectivity index (χ3n) is 4.01. The summed E-state index contributed by atoms with van der Waals surface area (Å²) in [6.07, 6.45) is 1.49. The Morgan fingerprint density at radius 3 is 2.73 bits per heavy atom. The summed E-state index contributed by atoms with van der Waals surface area (Å²) in [5.74, 6) is 0.955. The molecule has 0 fully saturated rings. The van der Waals surface area contributed by atoms with Crippen LogP contribution < -0.4 is 15.5 Å². The number of para-hydroxylation sites is 2. The Labute approximate surface area is 130 Å². The predicted molar refractivity (Wildman–Crippen MR) is 87.2 cm³/mol. The van der Waals surface area contributed by atoms with Crippen LogP contribution in [0.2, 0.25) is 0 Å². The van der Waals surface area contributed by atoms with E-state index in [9.17, 15) is 4.79 Å². The van der Waals surface area contributed by atoms with Crippen LogP contribution in [0.4, 0.5) is 11.4 Å². The van der Waals surface area contributed by atoms with Gasteiger partial charge < -0.3 is 20.0 Å². The van der Waals surface area contributed by atoms with E-state index in [2.05, 4.69) is 18.9 Å². The Bertz CT molecular complexity index is 680. The van der Waals surface area contributed by atoms with E-state index < -0.39 is 0 Å². The number of carbonyl (C=O) groups is 1. The zero-order valence-electron chi connectivity index (χ0n) is 13.0. The largest absolute Gasteiger partial charge is 0.467 e. The van der Waals surface area contributed by atoms with Gasteiger partial charge in [-0.15, -0.1) is 0 Å². The minimum atomic E-state index is -0.0435. The maximum absolute atomic E-state index is 12.9. The highest BCUT2D eigenvalue weighted by Gasteiger charge is 2.27. The summed E-state index contributed by atoms with van der Waals surface area (Å²) in [7, 11) is 2.06. The second-order valence-corrected chi connectivity index (χ2v) is 5.90. The number of fused-ring (bicyclic) bond motifs is 1. The first kappa shape index (κ1) is 14.7. The van der Waals surface area contributed by atoms with E-state index in [0.717, 1.165) is 17.9 Å². The fourth-order valence-corrected chi connectivity index (χ4v) is 3.00. The van der Waals surface area contributed by atoms with Gasteiger partial charge in [0.2, 0.25) is 0 Å². The van der Waals surface area contributed by atoms with Gasteiger partial charge in [-0.3, -0.25) is 4.79 Å². The molecule has 116 valence electrons. The average molecular weight is 299 g/mol. The molecule has 5 heteroatoms. The van der Waals surface area contributed by atoms with Crippen molar-refractivity contribution in [2.24, 2.45) is 11.7 Å². The average Bonchev–Trinajstić information content (AvgIpc) is 2.96. The van der Waals surface area contributed by atoms with Crippen LogP contribution in [0.15, 0.2) is 41.0 Å². The molecule has 1 amide bonds. The Balaban J connectivity index is 2.00. The van der Waals surface area contributed by atoms with Crippen LogP contribution in [0.5, 0.6) is 0 Å². The van der Waals surface area contributed by atoms with Gasteiger partial charge in [-0.2, -0.15) is 0 Å². The van der Waals surface area contributed by atoms with Crippen LogP contribution in [0.3, 0.4) is 0 Å². The summed E-state index contributed by atoms with van der Waals surface area (Å²) in [5, 5.41) is 0. The third kappa shape index (κ3) is 2.60. The van der Waals surface area contributed by atoms with Crippen LogP contribution in [0.25, 0.3) is 0 Å². The van der Waals surface area contributed by atoms with Crippen molar-refractivity contribution in [1.82, 2.24) is 0 Å². The fourth-order valence-electron chi connectivity index (χ4n) is 3.00. The maximum atomic E-state index is 12.9. The second-order valence-electron chi connectivity index (χ2n) is 5.90. The minimum absolute atomic E-state index is 0.0435. The molecule has 2 N–H and O–H groups in total. The van der Waals surface area contributed by atoms with E-state index in [0.29, 0.717) is 30.3 Å². The summed E-state index contributed by atoms with van der Waals surface area (Å²) >= 11 is 0. The van der Waals surface area contributed by atoms with E-state index in [-0.39, 0.29) is 5.91 Å². The van der Waals surface area contributed by atoms with Crippen molar-refractivity contribution < 1.29 is 9.21 Å². The topological polar surface area (TPSA) is 62.7 Å². The number of nitrogens with two attached hydrogens (primary N) is 1. The van der Waals surface area contributed by atoms with Crippen molar-refractivity contribution in [2.45, 2.75) is 13.5 Å². The van der Waals surface area contributed by atoms with Crippen molar-refractivity contribution in [1.29, 1.82) is 0 Å². The third-order valence-corrected chi connectivity index (χ3v) is 4.01. The van der Waals surface area contributed by atoms with E-state index in [1.54, 1.807) is 6.07 Å². The van der Waals surface area contributed by atoms with E-state index in [1.807, 2.05) is 29.2 Å². The van der Waals surface area contributed by atoms with Crippen LogP contribution in [0.1, 0.15) is 23.0 Å². The van der Waals surface area contributed by atoms with E-state index >= 15 is 0 Å². The zero-order chi connectivity index (χ0) is 15.7. The van der Waals surface area contributed by atoms with Gasteiger partial charge in [0.1, 0.15) is 12.0 Å². The summed E-state index contributed by atoms with van der Waals surface area (Å²) < 4.78 is 5.31. The smallest absolute Gasteiger partial charge is 0.261 e. The van der Waals surface area contributed by atoms with Crippen LogP contribution in [0, 0.1) is 5.92 Å². The Hall–Kier alpha value is -2.27. The number of amides is 1. The molecule has 0 aliphatic carbocycles. The highest BCUT2D eigenvalue weighted by atomic mass is 16.3. The molecule has 2 heterocycles. The van der Waals surface area contributed by atoms with Gasteiger partial charge in [-0.1, -0.05) is 19.1 Å². The number of rotatable bonds is 2. The van der Waals surface area contributed by atoms with E-state index in [1.165, 1.54) is 6.26 Å². The van der Waals surface area contributed by atoms with Gasteiger partial charge in [0, 0.05) is 20.1 Å². The standard InChI is InChI=1S/C17H21N3O2/c1-12-9-19(2)15-5-3-4-6-16(15)20(10-12)17(21)13-7-14(8-18)22-11-13/h3-7,11-12H,8-10,18H2,1-2H3. The predicted octanol–water partition coefficient (Wildman–Crippen LogP) is 2.47. The molecule has 0 bridgehead atoms. The molecule has 1 aliphatic rings. The molecule has 3 rings (SSSR count). The summed E-state index contributed by atoms with van der Waals surface area (Å²) in [6, 6.07) is 9.73. The molecule has 0 saturated carbocycles. The quantitative estimate of drug-likeness (QED) is 0.925. The highest BCUT2D eigenvalue weighted by Crippen LogP contribution is 2.33. The Kier molecular flexibility index (Phi) is 3.90. The molecular formula is C17H21N3O2. The van der Waals surface area contributed by atoms with Crippen molar-refractivity contribution in [3.63, 3.8) is 0 Å². The number of carbonyl (C=O) groups excluding carboxylic acids is 1. The summed E-state index contributed by atoms with van der Waals surface area (Å²) in [5.41, 5.74) is 8.12. The molecule has 1 aromatic carbocycles. The molecule has 22 heavy (non-hydrogen) atoms. The molecular weight excluding hydrogens is 278 g/mol. The van der Waals surface area contributed by atoms with Gasteiger partial charge in [0.25, 0.3) is 5.91 Å². The lowest BCUT2D eigenvalue weighted by Crippen LogP contribution is -2.34. The van der Waals surface area contributed by atoms with Crippen molar-refractivity contribution in [2.75, 3.05) is 29.9 Å². The molecule has 1 unspecified atom stereocenters. The lowest BCUT2D eigenvalue weighted by molar-refractivity contribution is 0.0983. The number of hydrogen-bond donors (Lipinski definition) is 1. The minimum Gasteiger partial charge on any atom is -0.467 e. The van der Waals surface area contributed by atoms with Gasteiger partial charge in [0.15, 0.2) is 0 Å². The Morgan fingerprint density at radius 1 is 1.32 bits per heavy atom. The highest BCUT2D eigenvalue weighted by molar-refractivity contribution is 6.07. The Morgan fingerprint density at radius 2 is 2.05 bits per heavy atom. The second kappa shape index (κ2) is 5.85. The van der Waals surface area contributed by atoms with Gasteiger partial charge in [0.05, 0.1) is 23.5 Å². The summed E-state index contributed by atoms with van der Waals surface area (Å²) in [6.45, 7) is 4.05. The first-order chi connectivity index (χ1) is 10.6. The van der Waals surface area contributed by atoms with Crippen LogP contribution >= 0.6 is 0 Å². The number of furan rings is 1. The molecule has 1 atom stereocenters. The monoisotopic (exact) mass is 299 g/mol. The van der Waals surface area contributed by atoms with Crippen molar-refractivity contribution in [3.05, 3.63) is 47.9 Å². The molecule has 2 aromatic rings. The fraction of sp³-hybridized carbons (Fsp3) is 0.353. The normalized spacial score (nSPS) is 18.0. The van der Waals surface area contributed by atoms with Crippen LogP contribution in [-0.2, 0) is 6.54 Å². The van der Waals surface area contributed by atoms with Gasteiger partial charge in [-0.25, -0.2) is 0 Å². The first-order valence-corrected chi connectivity index (χ1v) is 7.49. The zero-order valence-corrected chi connectivity index (χ0v) is 13.0. The first-order valence-electron chi connectivity index (χ1n) is 7.49. The number of benzene rings is 1. The number of anilines is 2. The SMILES string of the molecule is CC1CN(C)c2ccccc2N(C(=O)c2coc(CN)c2)C1. The number of hydrogen-bond acceptors (Lipinski definition) is 4. The lowest BCUT2D eigenvalue weighted by Gasteiger charge is -2.24. The molecule has 5 nitrogen and oxygen atoms in total. The molecule has 1 aromatic heterocycles.